The molecular weight excluding hydrogens is 343 g/mol. The van der Waals surface area contributed by atoms with E-state index in [0.717, 1.165) is 0 Å². The van der Waals surface area contributed by atoms with E-state index in [0.29, 0.717) is 33.9 Å². The van der Waals surface area contributed by atoms with Crippen LogP contribution in [-0.4, -0.2) is 22.4 Å². The van der Waals surface area contributed by atoms with Gasteiger partial charge in [-0.1, -0.05) is 18.2 Å². The number of benzene rings is 1. The highest BCUT2D eigenvalue weighted by Crippen LogP contribution is 2.28. The fraction of sp³-hybridized carbons (Fsp3) is 0.263. The molecule has 1 aromatic heterocycles. The molecule has 0 atom stereocenters. The van der Waals surface area contributed by atoms with E-state index in [1.165, 1.54) is 9.58 Å². The van der Waals surface area contributed by atoms with Gasteiger partial charge in [0.05, 0.1) is 17.0 Å². The van der Waals surface area contributed by atoms with Crippen molar-refractivity contribution in [2.45, 2.75) is 33.5 Å². The van der Waals surface area contributed by atoms with Crippen LogP contribution in [0, 0.1) is 13.8 Å². The summed E-state index contributed by atoms with van der Waals surface area (Å²) in [6, 6.07) is 10.6. The smallest absolute Gasteiger partial charge is 0.340 e. The molecule has 1 amide bonds. The Bertz CT molecular complexity index is 908. The lowest BCUT2D eigenvalue weighted by Crippen LogP contribution is -2.21. The molecule has 0 radical (unpaired) electrons. The zero-order valence-corrected chi connectivity index (χ0v) is 14.6. The Morgan fingerprint density at radius 2 is 1.77 bits per heavy atom. The van der Waals surface area contributed by atoms with Gasteiger partial charge in [0.2, 0.25) is 0 Å². The van der Waals surface area contributed by atoms with Crippen molar-refractivity contribution in [3.63, 3.8) is 0 Å². The molecule has 2 aromatic rings. The number of aryl methyl sites for hydroxylation is 1. The number of para-hydroxylation sites is 1. The van der Waals surface area contributed by atoms with E-state index >= 15 is 0 Å². The van der Waals surface area contributed by atoms with Gasteiger partial charge in [0.1, 0.15) is 6.54 Å². The van der Waals surface area contributed by atoms with Crippen LogP contribution in [0.15, 0.2) is 47.1 Å². The number of halogens is 3. The molecule has 7 heteroatoms. The van der Waals surface area contributed by atoms with Crippen molar-refractivity contribution in [3.05, 3.63) is 58.9 Å². The monoisotopic (exact) mass is 361 g/mol. The predicted octanol–water partition coefficient (Wildman–Crippen LogP) is 4.47. The molecule has 136 valence electrons. The second-order valence-electron chi connectivity index (χ2n) is 6.22. The lowest BCUT2D eigenvalue weighted by Gasteiger charge is -2.12. The second-order valence-corrected chi connectivity index (χ2v) is 6.22. The maximum Gasteiger partial charge on any atom is 0.406 e. The second kappa shape index (κ2) is 6.48. The lowest BCUT2D eigenvalue weighted by molar-refractivity contribution is -0.141. The molecule has 1 aliphatic heterocycles. The van der Waals surface area contributed by atoms with Gasteiger partial charge in [-0.2, -0.15) is 23.3 Å². The van der Waals surface area contributed by atoms with Gasteiger partial charge in [-0.15, -0.1) is 0 Å². The van der Waals surface area contributed by atoms with Crippen molar-refractivity contribution in [1.82, 2.24) is 4.57 Å². The van der Waals surface area contributed by atoms with Crippen LogP contribution >= 0.6 is 0 Å². The van der Waals surface area contributed by atoms with Crippen molar-refractivity contribution in [1.29, 1.82) is 0 Å². The van der Waals surface area contributed by atoms with Crippen molar-refractivity contribution in [2.75, 3.05) is 5.01 Å². The van der Waals surface area contributed by atoms with E-state index in [4.69, 9.17) is 0 Å². The number of rotatable bonds is 3. The molecule has 0 fully saturated rings. The third-order valence-corrected chi connectivity index (χ3v) is 4.31. The minimum absolute atomic E-state index is 0.297. The Hall–Kier alpha value is -2.83. The van der Waals surface area contributed by atoms with Crippen LogP contribution in [0.3, 0.4) is 0 Å². The van der Waals surface area contributed by atoms with Gasteiger partial charge < -0.3 is 4.57 Å². The average molecular weight is 361 g/mol. The highest BCUT2D eigenvalue weighted by Gasteiger charge is 2.31. The summed E-state index contributed by atoms with van der Waals surface area (Å²) in [4.78, 5) is 12.7. The molecule has 0 saturated heterocycles. The minimum atomic E-state index is -4.30. The molecule has 0 saturated carbocycles. The molecular formula is C19H18F3N3O. The number of amides is 1. The number of hydrogen-bond donors (Lipinski definition) is 0. The van der Waals surface area contributed by atoms with E-state index in [1.807, 2.05) is 6.07 Å². The van der Waals surface area contributed by atoms with Crippen LogP contribution in [0.4, 0.5) is 18.9 Å². The maximum absolute atomic E-state index is 12.8. The number of carbonyl (C=O) groups is 1. The number of alkyl halides is 3. The van der Waals surface area contributed by atoms with E-state index in [9.17, 15) is 18.0 Å². The summed E-state index contributed by atoms with van der Waals surface area (Å²) in [6.45, 7) is 3.90. The Kier molecular flexibility index (Phi) is 4.48. The third-order valence-electron chi connectivity index (χ3n) is 4.31. The van der Waals surface area contributed by atoms with Gasteiger partial charge in [0, 0.05) is 11.4 Å². The van der Waals surface area contributed by atoms with E-state index in [-0.39, 0.29) is 5.91 Å². The molecule has 2 heterocycles. The van der Waals surface area contributed by atoms with E-state index in [2.05, 4.69) is 5.10 Å². The van der Waals surface area contributed by atoms with Crippen LogP contribution in [0.1, 0.15) is 23.9 Å². The summed E-state index contributed by atoms with van der Waals surface area (Å²) in [7, 11) is 0. The van der Waals surface area contributed by atoms with Gasteiger partial charge in [-0.25, -0.2) is 0 Å². The molecule has 0 bridgehead atoms. The number of carbonyl (C=O) groups excluding carboxylic acids is 1. The van der Waals surface area contributed by atoms with Crippen molar-refractivity contribution < 1.29 is 18.0 Å². The first kappa shape index (κ1) is 18.0. The fourth-order valence-electron chi connectivity index (χ4n) is 2.98. The van der Waals surface area contributed by atoms with Crippen molar-refractivity contribution in [3.8, 4) is 0 Å². The van der Waals surface area contributed by atoms with Gasteiger partial charge in [-0.3, -0.25) is 4.79 Å². The minimum Gasteiger partial charge on any atom is -0.340 e. The average Bonchev–Trinajstić information content (AvgIpc) is 2.99. The molecule has 0 spiro atoms. The Morgan fingerprint density at radius 3 is 2.38 bits per heavy atom. The van der Waals surface area contributed by atoms with Crippen molar-refractivity contribution >= 4 is 23.4 Å². The largest absolute Gasteiger partial charge is 0.406 e. The zero-order valence-electron chi connectivity index (χ0n) is 14.6. The predicted molar refractivity (Wildman–Crippen MR) is 95.0 cm³/mol. The number of aromatic nitrogens is 1. The first-order valence-electron chi connectivity index (χ1n) is 8.07. The Labute approximate surface area is 149 Å². The number of hydrogen-bond acceptors (Lipinski definition) is 2. The number of hydrazone groups is 1. The van der Waals surface area contributed by atoms with Crippen LogP contribution < -0.4 is 5.01 Å². The summed E-state index contributed by atoms with van der Waals surface area (Å²) in [5.41, 5.74) is 3.08. The van der Waals surface area contributed by atoms with Crippen molar-refractivity contribution in [2.24, 2.45) is 5.10 Å². The summed E-state index contributed by atoms with van der Waals surface area (Å²) in [6.07, 6.45) is -2.69. The zero-order chi connectivity index (χ0) is 19.1. The molecule has 1 aliphatic rings. The Morgan fingerprint density at radius 1 is 1.12 bits per heavy atom. The first-order valence-corrected chi connectivity index (χ1v) is 8.07. The van der Waals surface area contributed by atoms with Crippen LogP contribution in [-0.2, 0) is 11.3 Å². The van der Waals surface area contributed by atoms with Crippen LogP contribution in [0.25, 0.3) is 6.08 Å². The van der Waals surface area contributed by atoms with Gasteiger partial charge in [-0.05, 0) is 50.6 Å². The lowest BCUT2D eigenvalue weighted by atomic mass is 10.1. The first-order chi connectivity index (χ1) is 12.2. The molecule has 4 nitrogen and oxygen atoms in total. The summed E-state index contributed by atoms with van der Waals surface area (Å²) in [5, 5.41) is 5.58. The highest BCUT2D eigenvalue weighted by atomic mass is 19.4. The molecule has 0 aliphatic carbocycles. The molecule has 0 N–H and O–H groups in total. The quantitative estimate of drug-likeness (QED) is 0.743. The number of nitrogens with zero attached hydrogens (tertiary/aromatic N) is 3. The van der Waals surface area contributed by atoms with Crippen LogP contribution in [0.2, 0.25) is 0 Å². The van der Waals surface area contributed by atoms with Gasteiger partial charge in [0.15, 0.2) is 0 Å². The molecule has 26 heavy (non-hydrogen) atoms. The van der Waals surface area contributed by atoms with E-state index in [1.54, 1.807) is 57.2 Å². The number of anilines is 1. The fourth-order valence-corrected chi connectivity index (χ4v) is 2.98. The van der Waals surface area contributed by atoms with Gasteiger partial charge >= 0.3 is 6.18 Å². The normalized spacial score (nSPS) is 16.5. The molecule has 0 unspecified atom stereocenters. The standard InChI is InChI=1S/C19H18F3N3O/c1-12-9-15(14(3)24(12)11-19(20,21)22)10-17-13(2)23-25(18(17)26)16-7-5-4-6-8-16/h4-10H,11H2,1-3H3/b17-10+. The maximum atomic E-state index is 12.8. The van der Waals surface area contributed by atoms with Crippen LogP contribution in [0.5, 0.6) is 0 Å². The SMILES string of the molecule is CC1=NN(c2ccccc2)C(=O)/C1=C/c1cc(C)n(CC(F)(F)F)c1C. The third kappa shape index (κ3) is 3.42. The Balaban J connectivity index is 1.95. The highest BCUT2D eigenvalue weighted by molar-refractivity contribution is 6.32. The summed E-state index contributed by atoms with van der Waals surface area (Å²) < 4.78 is 39.5. The molecule has 1 aromatic carbocycles. The molecule has 3 rings (SSSR count). The van der Waals surface area contributed by atoms with Gasteiger partial charge in [0.25, 0.3) is 5.91 Å². The van der Waals surface area contributed by atoms with E-state index < -0.39 is 12.7 Å². The topological polar surface area (TPSA) is 37.6 Å². The summed E-state index contributed by atoms with van der Waals surface area (Å²) >= 11 is 0. The summed E-state index contributed by atoms with van der Waals surface area (Å²) in [5.74, 6) is -0.297.